The minimum atomic E-state index is -0.351. The van der Waals surface area contributed by atoms with Crippen LogP contribution in [-0.2, 0) is 47.4 Å². The van der Waals surface area contributed by atoms with Crippen molar-refractivity contribution >= 4 is 5.97 Å². The first kappa shape index (κ1) is 45.4. The highest BCUT2D eigenvalue weighted by atomic mass is 16.6. The molecule has 0 radical (unpaired) electrons. The number of carbonyl (C=O) groups excluding carboxylic acids is 1. The van der Waals surface area contributed by atoms with Crippen molar-refractivity contribution in [2.45, 2.75) is 77.6 Å². The Balaban J connectivity index is 1.62. The maximum atomic E-state index is 11.8. The average Bonchev–Trinajstić information content (AvgIpc) is 3.13. The summed E-state index contributed by atoms with van der Waals surface area (Å²) in [4.78, 5) is 11.8. The van der Waals surface area contributed by atoms with E-state index in [1.54, 1.807) is 24.3 Å². The number of rotatable bonds is 40. The van der Waals surface area contributed by atoms with Crippen LogP contribution in [0.15, 0.2) is 30.3 Å². The number of hydrogen-bond donors (Lipinski definition) is 0. The normalized spacial score (nSPS) is 11.4. The molecule has 1 aromatic rings. The van der Waals surface area contributed by atoms with Gasteiger partial charge in [0.25, 0.3) is 0 Å². The Hall–Kier alpha value is -1.67. The van der Waals surface area contributed by atoms with Crippen molar-refractivity contribution in [3.05, 3.63) is 35.9 Å². The summed E-state index contributed by atoms with van der Waals surface area (Å²) < 4.78 is 54.7. The third-order valence-electron chi connectivity index (χ3n) is 7.34. The molecule has 1 aromatic carbocycles. The van der Waals surface area contributed by atoms with Gasteiger partial charge >= 0.3 is 5.97 Å². The second kappa shape index (κ2) is 39.1. The Bertz CT molecular complexity index is 784. The summed E-state index contributed by atoms with van der Waals surface area (Å²) in [5.74, 6) is -0.351. The summed E-state index contributed by atoms with van der Waals surface area (Å²) in [6, 6.07) is 8.87. The lowest BCUT2D eigenvalue weighted by molar-refractivity contribution is -0.0259. The molecule has 0 amide bonds. The maximum Gasteiger partial charge on any atom is 0.338 e. The molecular weight excluding hydrogens is 632 g/mol. The predicted octanol–water partition coefficient (Wildman–Crippen LogP) is 6.30. The number of ether oxygens (including phenoxy) is 10. The van der Waals surface area contributed by atoms with Crippen LogP contribution in [0, 0.1) is 0 Å². The molecule has 0 aliphatic rings. The van der Waals surface area contributed by atoms with Crippen molar-refractivity contribution in [1.29, 1.82) is 0 Å². The fraction of sp³-hybridized carbons (Fsp3) is 0.816. The van der Waals surface area contributed by atoms with Gasteiger partial charge in [-0.2, -0.15) is 0 Å². The van der Waals surface area contributed by atoms with Crippen molar-refractivity contribution in [3.63, 3.8) is 0 Å². The molecular formula is C38H68O11. The van der Waals surface area contributed by atoms with Gasteiger partial charge in [-0.1, -0.05) is 89.3 Å². The van der Waals surface area contributed by atoms with E-state index in [0.29, 0.717) is 118 Å². The van der Waals surface area contributed by atoms with Crippen LogP contribution in [0.25, 0.3) is 0 Å². The van der Waals surface area contributed by atoms with Crippen LogP contribution in [0.1, 0.15) is 87.9 Å². The molecule has 11 heteroatoms. The summed E-state index contributed by atoms with van der Waals surface area (Å²) in [7, 11) is 0. The van der Waals surface area contributed by atoms with E-state index in [1.807, 2.05) is 6.07 Å². The highest BCUT2D eigenvalue weighted by molar-refractivity contribution is 5.89. The zero-order chi connectivity index (χ0) is 35.0. The number of hydrogen-bond acceptors (Lipinski definition) is 11. The molecule has 11 nitrogen and oxygen atoms in total. The van der Waals surface area contributed by atoms with Gasteiger partial charge < -0.3 is 47.4 Å². The third kappa shape index (κ3) is 34.6. The molecule has 0 atom stereocenters. The summed E-state index contributed by atoms with van der Waals surface area (Å²) in [6.07, 6.45) is 14.8. The van der Waals surface area contributed by atoms with Gasteiger partial charge in [0, 0.05) is 6.61 Å². The largest absolute Gasteiger partial charge is 0.460 e. The molecule has 0 aromatic heterocycles. The van der Waals surface area contributed by atoms with Gasteiger partial charge in [0.1, 0.15) is 6.61 Å². The molecule has 0 aliphatic heterocycles. The molecule has 0 spiro atoms. The molecule has 1 rings (SSSR count). The number of benzene rings is 1. The van der Waals surface area contributed by atoms with E-state index in [2.05, 4.69) is 6.92 Å². The van der Waals surface area contributed by atoms with Crippen molar-refractivity contribution in [2.75, 3.05) is 126 Å². The Kier molecular flexibility index (Phi) is 36.2. The van der Waals surface area contributed by atoms with Gasteiger partial charge in [0.05, 0.1) is 118 Å². The van der Waals surface area contributed by atoms with Crippen molar-refractivity contribution in [3.8, 4) is 0 Å². The van der Waals surface area contributed by atoms with E-state index in [1.165, 1.54) is 64.2 Å². The van der Waals surface area contributed by atoms with Crippen LogP contribution >= 0.6 is 0 Å². The highest BCUT2D eigenvalue weighted by Gasteiger charge is 2.05. The smallest absolute Gasteiger partial charge is 0.338 e. The van der Waals surface area contributed by atoms with E-state index >= 15 is 0 Å². The van der Waals surface area contributed by atoms with Crippen LogP contribution in [-0.4, -0.2) is 132 Å². The number of esters is 1. The van der Waals surface area contributed by atoms with E-state index in [-0.39, 0.29) is 12.6 Å². The van der Waals surface area contributed by atoms with Gasteiger partial charge in [0.2, 0.25) is 0 Å². The summed E-state index contributed by atoms with van der Waals surface area (Å²) in [5.41, 5.74) is 0.530. The molecule has 0 unspecified atom stereocenters. The Morgan fingerprint density at radius 3 is 1.00 bits per heavy atom. The van der Waals surface area contributed by atoms with E-state index in [4.69, 9.17) is 47.4 Å². The van der Waals surface area contributed by atoms with Crippen molar-refractivity contribution in [2.24, 2.45) is 0 Å². The molecule has 0 saturated carbocycles. The molecule has 0 heterocycles. The van der Waals surface area contributed by atoms with Crippen LogP contribution in [0.3, 0.4) is 0 Å². The highest BCUT2D eigenvalue weighted by Crippen LogP contribution is 2.11. The van der Waals surface area contributed by atoms with Gasteiger partial charge in [-0.05, 0) is 18.6 Å². The molecule has 0 aliphatic carbocycles. The maximum absolute atomic E-state index is 11.8. The second-order valence-corrected chi connectivity index (χ2v) is 11.5. The van der Waals surface area contributed by atoms with Gasteiger partial charge in [0.15, 0.2) is 0 Å². The van der Waals surface area contributed by atoms with Gasteiger partial charge in [-0.25, -0.2) is 4.79 Å². The molecule has 0 fully saturated rings. The van der Waals surface area contributed by atoms with Crippen molar-refractivity contribution < 1.29 is 52.2 Å². The van der Waals surface area contributed by atoms with Crippen LogP contribution < -0.4 is 0 Å². The Labute approximate surface area is 296 Å². The quantitative estimate of drug-likeness (QED) is 0.0568. The van der Waals surface area contributed by atoms with Crippen molar-refractivity contribution in [1.82, 2.24) is 0 Å². The van der Waals surface area contributed by atoms with E-state index in [0.717, 1.165) is 13.0 Å². The van der Waals surface area contributed by atoms with Gasteiger partial charge in [-0.3, -0.25) is 0 Å². The van der Waals surface area contributed by atoms with Crippen LogP contribution in [0.4, 0.5) is 0 Å². The molecule has 49 heavy (non-hydrogen) atoms. The predicted molar refractivity (Wildman–Crippen MR) is 191 cm³/mol. The first-order valence-corrected chi connectivity index (χ1v) is 18.8. The van der Waals surface area contributed by atoms with Crippen LogP contribution in [0.2, 0.25) is 0 Å². The lowest BCUT2D eigenvalue weighted by Gasteiger charge is -2.09. The summed E-state index contributed by atoms with van der Waals surface area (Å²) in [5, 5.41) is 0. The number of carbonyl (C=O) groups is 1. The van der Waals surface area contributed by atoms with Crippen LogP contribution in [0.5, 0.6) is 0 Å². The molecule has 0 bridgehead atoms. The van der Waals surface area contributed by atoms with E-state index in [9.17, 15) is 4.79 Å². The Morgan fingerprint density at radius 2 is 0.653 bits per heavy atom. The zero-order valence-electron chi connectivity index (χ0n) is 30.6. The second-order valence-electron chi connectivity index (χ2n) is 11.5. The molecule has 0 N–H and O–H groups in total. The fourth-order valence-electron chi connectivity index (χ4n) is 4.58. The number of unbranched alkanes of at least 4 members (excludes halogenated alkanes) is 10. The third-order valence-corrected chi connectivity index (χ3v) is 7.34. The lowest BCUT2D eigenvalue weighted by Crippen LogP contribution is -2.15. The first-order valence-electron chi connectivity index (χ1n) is 18.8. The monoisotopic (exact) mass is 700 g/mol. The fourth-order valence-corrected chi connectivity index (χ4v) is 4.58. The Morgan fingerprint density at radius 1 is 0.367 bits per heavy atom. The SMILES string of the molecule is CCCCCCCCCCCCCOCCOCCOCCOCCOCCOCCOCCOCCOCCOC(=O)c1ccccc1. The minimum absolute atomic E-state index is 0.207. The van der Waals surface area contributed by atoms with E-state index < -0.39 is 0 Å². The molecule has 286 valence electrons. The lowest BCUT2D eigenvalue weighted by atomic mass is 10.1. The first-order chi connectivity index (χ1) is 24.3. The average molecular weight is 701 g/mol. The topological polar surface area (TPSA) is 109 Å². The minimum Gasteiger partial charge on any atom is -0.460 e. The summed E-state index contributed by atoms with van der Waals surface area (Å²) >= 11 is 0. The standard InChI is InChI=1S/C38H68O11/c1-2-3-4-5-6-7-8-9-10-11-15-18-40-19-20-41-21-22-42-23-24-43-25-26-44-27-28-45-29-30-46-31-32-47-33-34-48-35-36-49-38(39)37-16-13-12-14-17-37/h12-14,16-17H,2-11,15,18-36H2,1H3. The van der Waals surface area contributed by atoms with Gasteiger partial charge in [-0.15, -0.1) is 0 Å². The summed E-state index contributed by atoms with van der Waals surface area (Å²) in [6.45, 7) is 12.0. The molecule has 0 saturated heterocycles. The zero-order valence-corrected chi connectivity index (χ0v) is 30.6.